The van der Waals surface area contributed by atoms with Crippen LogP contribution in [0.2, 0.25) is 0 Å². The summed E-state index contributed by atoms with van der Waals surface area (Å²) in [6, 6.07) is 11.8. The van der Waals surface area contributed by atoms with Crippen molar-refractivity contribution in [3.63, 3.8) is 0 Å². The van der Waals surface area contributed by atoms with Crippen LogP contribution in [0.4, 0.5) is 14.6 Å². The Kier molecular flexibility index (Phi) is 5.20. The molecule has 0 radical (unpaired) electrons. The SMILES string of the molecule is Cc1cc2c(NCCCc3ccccc3)nc(OC(F)F)nc2s1. The number of aryl methyl sites for hydroxylation is 2. The van der Waals surface area contributed by atoms with Gasteiger partial charge in [-0.25, -0.2) is 0 Å². The minimum absolute atomic E-state index is 0.301. The average molecular weight is 349 g/mol. The molecule has 2 aromatic heterocycles. The smallest absolute Gasteiger partial charge is 0.389 e. The van der Waals surface area contributed by atoms with E-state index in [4.69, 9.17) is 0 Å². The lowest BCUT2D eigenvalue weighted by molar-refractivity contribution is -0.0557. The summed E-state index contributed by atoms with van der Waals surface area (Å²) in [4.78, 5) is 9.80. The lowest BCUT2D eigenvalue weighted by Crippen LogP contribution is -2.09. The number of nitrogens with one attached hydrogen (secondary N) is 1. The Morgan fingerprint density at radius 2 is 2.00 bits per heavy atom. The maximum absolute atomic E-state index is 12.4. The molecule has 0 aliphatic carbocycles. The Bertz CT molecular complexity index is 808. The van der Waals surface area contributed by atoms with Crippen LogP contribution in [0.3, 0.4) is 0 Å². The highest BCUT2D eigenvalue weighted by Gasteiger charge is 2.14. The summed E-state index contributed by atoms with van der Waals surface area (Å²) in [6.07, 6.45) is 1.84. The molecule has 0 fully saturated rings. The molecule has 1 aromatic carbocycles. The summed E-state index contributed by atoms with van der Waals surface area (Å²) < 4.78 is 29.2. The number of anilines is 1. The molecule has 3 rings (SSSR count). The number of thiophene rings is 1. The summed E-state index contributed by atoms with van der Waals surface area (Å²) in [5.41, 5.74) is 1.26. The molecule has 1 N–H and O–H groups in total. The van der Waals surface area contributed by atoms with E-state index in [9.17, 15) is 8.78 Å². The summed E-state index contributed by atoms with van der Waals surface area (Å²) in [6.45, 7) is -0.308. The van der Waals surface area contributed by atoms with Crippen LogP contribution in [-0.2, 0) is 6.42 Å². The molecule has 7 heteroatoms. The van der Waals surface area contributed by atoms with Gasteiger partial charge in [0.2, 0.25) is 0 Å². The molecule has 3 aromatic rings. The van der Waals surface area contributed by atoms with Gasteiger partial charge in [0.1, 0.15) is 10.6 Å². The fourth-order valence-electron chi connectivity index (χ4n) is 2.43. The maximum Gasteiger partial charge on any atom is 0.389 e. The fourth-order valence-corrected chi connectivity index (χ4v) is 3.30. The van der Waals surface area contributed by atoms with Crippen LogP contribution in [0.5, 0.6) is 6.01 Å². The monoisotopic (exact) mass is 349 g/mol. The first kappa shape index (κ1) is 16.6. The number of fused-ring (bicyclic) bond motifs is 1. The van der Waals surface area contributed by atoms with E-state index in [1.54, 1.807) is 0 Å². The van der Waals surface area contributed by atoms with Gasteiger partial charge < -0.3 is 10.1 Å². The van der Waals surface area contributed by atoms with Crippen molar-refractivity contribution >= 4 is 27.4 Å². The van der Waals surface area contributed by atoms with Gasteiger partial charge in [-0.05, 0) is 31.4 Å². The van der Waals surface area contributed by atoms with Crippen molar-refractivity contribution in [3.05, 3.63) is 46.8 Å². The summed E-state index contributed by atoms with van der Waals surface area (Å²) in [5, 5.41) is 4.05. The van der Waals surface area contributed by atoms with E-state index in [0.717, 1.165) is 23.1 Å². The van der Waals surface area contributed by atoms with Crippen molar-refractivity contribution in [2.45, 2.75) is 26.4 Å². The highest BCUT2D eigenvalue weighted by Crippen LogP contribution is 2.30. The highest BCUT2D eigenvalue weighted by atomic mass is 32.1. The lowest BCUT2D eigenvalue weighted by Gasteiger charge is -2.09. The van der Waals surface area contributed by atoms with E-state index in [-0.39, 0.29) is 6.01 Å². The normalized spacial score (nSPS) is 11.2. The molecule has 0 saturated heterocycles. The molecule has 4 nitrogen and oxygen atoms in total. The molecule has 2 heterocycles. The molecule has 0 bridgehead atoms. The molecule has 0 aliphatic rings. The number of aromatic nitrogens is 2. The summed E-state index contributed by atoms with van der Waals surface area (Å²) >= 11 is 1.43. The van der Waals surface area contributed by atoms with Crippen molar-refractivity contribution in [1.29, 1.82) is 0 Å². The van der Waals surface area contributed by atoms with Crippen molar-refractivity contribution in [3.8, 4) is 6.01 Å². The molecule has 0 unspecified atom stereocenters. The quantitative estimate of drug-likeness (QED) is 0.631. The van der Waals surface area contributed by atoms with E-state index in [1.807, 2.05) is 31.2 Å². The Morgan fingerprint density at radius 3 is 2.75 bits per heavy atom. The van der Waals surface area contributed by atoms with Gasteiger partial charge in [-0.2, -0.15) is 18.7 Å². The number of nitrogens with zero attached hydrogens (tertiary/aromatic N) is 2. The zero-order valence-electron chi connectivity index (χ0n) is 13.1. The second-order valence-electron chi connectivity index (χ2n) is 5.33. The van der Waals surface area contributed by atoms with Crippen LogP contribution in [0.1, 0.15) is 16.9 Å². The first-order valence-corrected chi connectivity index (χ1v) is 8.44. The third-order valence-electron chi connectivity index (χ3n) is 3.47. The second-order valence-corrected chi connectivity index (χ2v) is 6.56. The van der Waals surface area contributed by atoms with Crippen molar-refractivity contribution < 1.29 is 13.5 Å². The van der Waals surface area contributed by atoms with Crippen molar-refractivity contribution in [1.82, 2.24) is 9.97 Å². The molecule has 0 saturated carbocycles. The number of halogens is 2. The predicted molar refractivity (Wildman–Crippen MR) is 92.0 cm³/mol. The van der Waals surface area contributed by atoms with Crippen molar-refractivity contribution in [2.24, 2.45) is 0 Å². The van der Waals surface area contributed by atoms with Gasteiger partial charge in [0.25, 0.3) is 0 Å². The Hall–Kier alpha value is -2.28. The van der Waals surface area contributed by atoms with Crippen LogP contribution in [0.25, 0.3) is 10.2 Å². The minimum Gasteiger partial charge on any atom is -0.401 e. The average Bonchev–Trinajstić information content (AvgIpc) is 2.92. The summed E-state index contributed by atoms with van der Waals surface area (Å²) in [5.74, 6) is 0.535. The maximum atomic E-state index is 12.4. The van der Waals surface area contributed by atoms with Gasteiger partial charge in [-0.15, -0.1) is 11.3 Å². The van der Waals surface area contributed by atoms with Crippen LogP contribution >= 0.6 is 11.3 Å². The first-order chi connectivity index (χ1) is 11.6. The predicted octanol–water partition coefficient (Wildman–Crippen LogP) is 4.65. The van der Waals surface area contributed by atoms with E-state index in [0.29, 0.717) is 17.2 Å². The van der Waals surface area contributed by atoms with Gasteiger partial charge in [0.15, 0.2) is 0 Å². The van der Waals surface area contributed by atoms with E-state index < -0.39 is 6.61 Å². The van der Waals surface area contributed by atoms with E-state index in [1.165, 1.54) is 16.9 Å². The molecule has 0 atom stereocenters. The zero-order valence-corrected chi connectivity index (χ0v) is 13.9. The first-order valence-electron chi connectivity index (χ1n) is 7.62. The molecule has 0 amide bonds. The van der Waals surface area contributed by atoms with E-state index >= 15 is 0 Å². The Labute approximate surface area is 142 Å². The largest absolute Gasteiger partial charge is 0.401 e. The number of benzene rings is 1. The topological polar surface area (TPSA) is 47.0 Å². The highest BCUT2D eigenvalue weighted by molar-refractivity contribution is 7.18. The van der Waals surface area contributed by atoms with Crippen LogP contribution in [0, 0.1) is 6.92 Å². The number of hydrogen-bond acceptors (Lipinski definition) is 5. The zero-order chi connectivity index (χ0) is 16.9. The van der Waals surface area contributed by atoms with Gasteiger partial charge in [0, 0.05) is 11.4 Å². The van der Waals surface area contributed by atoms with Crippen LogP contribution < -0.4 is 10.1 Å². The Balaban J connectivity index is 1.70. The molecule has 24 heavy (non-hydrogen) atoms. The van der Waals surface area contributed by atoms with Crippen LogP contribution in [-0.4, -0.2) is 23.1 Å². The molecular weight excluding hydrogens is 332 g/mol. The third-order valence-corrected chi connectivity index (χ3v) is 4.41. The number of rotatable bonds is 7. The van der Waals surface area contributed by atoms with Crippen LogP contribution in [0.15, 0.2) is 36.4 Å². The molecular formula is C17H17F2N3OS. The number of hydrogen-bond donors (Lipinski definition) is 1. The van der Waals surface area contributed by atoms with Crippen molar-refractivity contribution in [2.75, 3.05) is 11.9 Å². The second kappa shape index (κ2) is 7.53. The van der Waals surface area contributed by atoms with Gasteiger partial charge >= 0.3 is 12.6 Å². The standard InChI is InChI=1S/C17H17F2N3OS/c1-11-10-13-14(20-9-5-8-12-6-3-2-4-7-12)21-17(23-16(18)19)22-15(13)24-11/h2-4,6-7,10,16H,5,8-9H2,1H3,(H,20,21,22). The molecule has 0 aliphatic heterocycles. The third kappa shape index (κ3) is 4.17. The lowest BCUT2D eigenvalue weighted by atomic mass is 10.1. The van der Waals surface area contributed by atoms with Gasteiger partial charge in [-0.1, -0.05) is 30.3 Å². The summed E-state index contributed by atoms with van der Waals surface area (Å²) in [7, 11) is 0. The molecule has 126 valence electrons. The number of ether oxygens (including phenoxy) is 1. The fraction of sp³-hybridized carbons (Fsp3) is 0.294. The minimum atomic E-state index is -2.94. The number of alkyl halides is 2. The Morgan fingerprint density at radius 1 is 1.21 bits per heavy atom. The molecule has 0 spiro atoms. The van der Waals surface area contributed by atoms with E-state index in [2.05, 4.69) is 32.2 Å². The van der Waals surface area contributed by atoms with Gasteiger partial charge in [0.05, 0.1) is 5.39 Å². The van der Waals surface area contributed by atoms with Gasteiger partial charge in [-0.3, -0.25) is 0 Å².